The van der Waals surface area contributed by atoms with Crippen molar-refractivity contribution >= 4 is 29.0 Å². The van der Waals surface area contributed by atoms with Gasteiger partial charge in [0, 0.05) is 31.3 Å². The number of methoxy groups -OCH3 is 1. The molecule has 2 N–H and O–H groups in total. The second kappa shape index (κ2) is 11.2. The molecule has 0 fully saturated rings. The van der Waals surface area contributed by atoms with Crippen LogP contribution in [-0.2, 0) is 17.8 Å². The second-order valence-corrected chi connectivity index (χ2v) is 9.05. The van der Waals surface area contributed by atoms with E-state index in [-0.39, 0.29) is 25.3 Å². The first-order valence-corrected chi connectivity index (χ1v) is 12.0. The molecule has 0 unspecified atom stereocenters. The van der Waals surface area contributed by atoms with E-state index in [1.54, 1.807) is 17.4 Å². The summed E-state index contributed by atoms with van der Waals surface area (Å²) in [4.78, 5) is 31.8. The summed E-state index contributed by atoms with van der Waals surface area (Å²) in [5.41, 5.74) is 3.98. The number of urea groups is 1. The summed E-state index contributed by atoms with van der Waals surface area (Å²) in [7, 11) is 1.59. The van der Waals surface area contributed by atoms with Crippen molar-refractivity contribution < 1.29 is 23.8 Å². The molecule has 4 rings (SSSR count). The number of anilines is 1. The molecule has 1 aliphatic rings. The number of thiazole rings is 1. The van der Waals surface area contributed by atoms with Crippen LogP contribution in [0.4, 0.5) is 10.5 Å². The molecule has 0 radical (unpaired) electrons. The third kappa shape index (κ3) is 6.09. The van der Waals surface area contributed by atoms with E-state index in [9.17, 15) is 9.59 Å². The summed E-state index contributed by atoms with van der Waals surface area (Å²) >= 11 is 1.34. The smallest absolute Gasteiger partial charge is 0.322 e. The van der Waals surface area contributed by atoms with Gasteiger partial charge in [-0.15, -0.1) is 11.3 Å². The normalized spacial score (nSPS) is 11.9. The van der Waals surface area contributed by atoms with Crippen molar-refractivity contribution in [3.05, 3.63) is 69.2 Å². The Morgan fingerprint density at radius 3 is 2.69 bits per heavy atom. The van der Waals surface area contributed by atoms with Gasteiger partial charge < -0.3 is 29.7 Å². The molecule has 0 aliphatic carbocycles. The number of hydrogen-bond acceptors (Lipinski definition) is 7. The molecule has 2 heterocycles. The molecule has 10 heteroatoms. The molecule has 1 aliphatic heterocycles. The van der Waals surface area contributed by atoms with Gasteiger partial charge in [0.15, 0.2) is 11.5 Å². The standard InChI is InChI=1S/C25H28N4O5S/c1-16-5-4-6-17(2)23(16)28-25(31)29(9-10-32-3)13-22-27-19(14-35-22)24(30)26-12-18-7-8-20-21(11-18)34-15-33-20/h4-8,11,14H,9-10,12-13,15H2,1-3H3,(H,26,30)(H,28,31). The summed E-state index contributed by atoms with van der Waals surface area (Å²) in [5.74, 6) is 1.08. The van der Waals surface area contributed by atoms with Crippen molar-refractivity contribution in [1.29, 1.82) is 0 Å². The van der Waals surface area contributed by atoms with Gasteiger partial charge in [0.25, 0.3) is 5.91 Å². The lowest BCUT2D eigenvalue weighted by molar-refractivity contribution is 0.0946. The monoisotopic (exact) mass is 496 g/mol. The summed E-state index contributed by atoms with van der Waals surface area (Å²) in [5, 5.41) is 8.23. The molecule has 0 bridgehead atoms. The third-order valence-corrected chi connectivity index (χ3v) is 6.40. The van der Waals surface area contributed by atoms with E-state index in [1.165, 1.54) is 11.3 Å². The van der Waals surface area contributed by atoms with Gasteiger partial charge in [0.05, 0.1) is 13.2 Å². The molecule has 3 aromatic rings. The van der Waals surface area contributed by atoms with E-state index in [0.717, 1.165) is 22.4 Å². The van der Waals surface area contributed by atoms with Gasteiger partial charge in [-0.3, -0.25) is 4.79 Å². The number of fused-ring (bicyclic) bond motifs is 1. The van der Waals surface area contributed by atoms with Gasteiger partial charge in [0.1, 0.15) is 10.7 Å². The van der Waals surface area contributed by atoms with Crippen LogP contribution in [0.3, 0.4) is 0 Å². The molecule has 3 amide bonds. The van der Waals surface area contributed by atoms with Gasteiger partial charge in [-0.2, -0.15) is 0 Å². The molecule has 9 nitrogen and oxygen atoms in total. The van der Waals surface area contributed by atoms with Crippen molar-refractivity contribution in [2.24, 2.45) is 0 Å². The molecular formula is C25H28N4O5S. The van der Waals surface area contributed by atoms with Crippen LogP contribution in [0.1, 0.15) is 32.2 Å². The van der Waals surface area contributed by atoms with E-state index in [2.05, 4.69) is 15.6 Å². The van der Waals surface area contributed by atoms with E-state index in [4.69, 9.17) is 14.2 Å². The quantitative estimate of drug-likeness (QED) is 0.463. The highest BCUT2D eigenvalue weighted by molar-refractivity contribution is 7.09. The van der Waals surface area contributed by atoms with Crippen LogP contribution in [0.2, 0.25) is 0 Å². The Morgan fingerprint density at radius 1 is 1.14 bits per heavy atom. The lowest BCUT2D eigenvalue weighted by atomic mass is 10.1. The maximum absolute atomic E-state index is 13.0. The van der Waals surface area contributed by atoms with Gasteiger partial charge in [-0.05, 0) is 42.7 Å². The number of ether oxygens (including phenoxy) is 3. The highest BCUT2D eigenvalue weighted by Crippen LogP contribution is 2.32. The number of hydrogen-bond donors (Lipinski definition) is 2. The average molecular weight is 497 g/mol. The number of nitrogens with zero attached hydrogens (tertiary/aromatic N) is 2. The molecule has 35 heavy (non-hydrogen) atoms. The SMILES string of the molecule is COCCN(Cc1nc(C(=O)NCc2ccc3c(c2)OCO3)cs1)C(=O)Nc1c(C)cccc1C. The summed E-state index contributed by atoms with van der Waals surface area (Å²) < 4.78 is 15.9. The maximum Gasteiger partial charge on any atom is 0.322 e. The zero-order valence-electron chi connectivity index (χ0n) is 19.9. The van der Waals surface area contributed by atoms with Crippen LogP contribution >= 0.6 is 11.3 Å². The Hall–Kier alpha value is -3.63. The first-order chi connectivity index (χ1) is 16.9. The molecular weight excluding hydrogens is 468 g/mol. The predicted molar refractivity (Wildman–Crippen MR) is 133 cm³/mol. The fourth-order valence-corrected chi connectivity index (χ4v) is 4.42. The fourth-order valence-electron chi connectivity index (χ4n) is 3.63. The molecule has 184 valence electrons. The Balaban J connectivity index is 1.38. The van der Waals surface area contributed by atoms with E-state index in [1.807, 2.05) is 50.2 Å². The van der Waals surface area contributed by atoms with Crippen LogP contribution in [0.5, 0.6) is 11.5 Å². The van der Waals surface area contributed by atoms with E-state index in [0.29, 0.717) is 41.9 Å². The summed E-state index contributed by atoms with van der Waals surface area (Å²) in [6.07, 6.45) is 0. The molecule has 2 aromatic carbocycles. The number of benzene rings is 2. The Labute approximate surface area is 208 Å². The van der Waals surface area contributed by atoms with Crippen molar-refractivity contribution in [3.8, 4) is 11.5 Å². The first-order valence-electron chi connectivity index (χ1n) is 11.2. The lowest BCUT2D eigenvalue weighted by Gasteiger charge is -2.23. The summed E-state index contributed by atoms with van der Waals surface area (Å²) in [6, 6.07) is 11.2. The average Bonchev–Trinajstić information content (AvgIpc) is 3.51. The second-order valence-electron chi connectivity index (χ2n) is 8.11. The van der Waals surface area contributed by atoms with E-state index >= 15 is 0 Å². The van der Waals surface area contributed by atoms with Crippen molar-refractivity contribution in [3.63, 3.8) is 0 Å². The van der Waals surface area contributed by atoms with Crippen molar-refractivity contribution in [2.45, 2.75) is 26.9 Å². The molecule has 1 aromatic heterocycles. The molecule has 0 spiro atoms. The minimum absolute atomic E-state index is 0.205. The first kappa shape index (κ1) is 24.5. The number of carbonyl (C=O) groups excluding carboxylic acids is 2. The van der Waals surface area contributed by atoms with Crippen LogP contribution in [0, 0.1) is 13.8 Å². The highest BCUT2D eigenvalue weighted by atomic mass is 32.1. The number of aromatic nitrogens is 1. The summed E-state index contributed by atoms with van der Waals surface area (Å²) in [6.45, 7) is 5.49. The number of aryl methyl sites for hydroxylation is 2. The zero-order valence-corrected chi connectivity index (χ0v) is 20.7. The van der Waals surface area contributed by atoms with Crippen LogP contribution in [0.15, 0.2) is 41.8 Å². The topological polar surface area (TPSA) is 102 Å². The Kier molecular flexibility index (Phi) is 7.84. The van der Waals surface area contributed by atoms with Gasteiger partial charge in [0.2, 0.25) is 6.79 Å². The van der Waals surface area contributed by atoms with E-state index < -0.39 is 0 Å². The number of carbonyl (C=O) groups is 2. The van der Waals surface area contributed by atoms with Crippen molar-refractivity contribution in [2.75, 3.05) is 32.4 Å². The number of para-hydroxylation sites is 1. The number of amides is 3. The maximum atomic E-state index is 13.0. The van der Waals surface area contributed by atoms with Gasteiger partial charge in [-0.1, -0.05) is 24.3 Å². The van der Waals surface area contributed by atoms with Crippen LogP contribution in [0.25, 0.3) is 0 Å². The number of nitrogens with one attached hydrogen (secondary N) is 2. The van der Waals surface area contributed by atoms with Crippen molar-refractivity contribution in [1.82, 2.24) is 15.2 Å². The number of rotatable bonds is 9. The van der Waals surface area contributed by atoms with Gasteiger partial charge in [-0.25, -0.2) is 9.78 Å². The molecule has 0 saturated carbocycles. The Bertz CT molecular complexity index is 1190. The lowest BCUT2D eigenvalue weighted by Crippen LogP contribution is -2.37. The minimum atomic E-state index is -0.284. The highest BCUT2D eigenvalue weighted by Gasteiger charge is 2.19. The molecule has 0 atom stereocenters. The third-order valence-electron chi connectivity index (χ3n) is 5.57. The molecule has 0 saturated heterocycles. The van der Waals surface area contributed by atoms with Crippen LogP contribution < -0.4 is 20.1 Å². The minimum Gasteiger partial charge on any atom is -0.454 e. The Morgan fingerprint density at radius 2 is 1.91 bits per heavy atom. The fraction of sp³-hybridized carbons (Fsp3) is 0.320. The zero-order chi connectivity index (χ0) is 24.8. The van der Waals surface area contributed by atoms with Crippen LogP contribution in [-0.4, -0.2) is 48.9 Å². The largest absolute Gasteiger partial charge is 0.454 e. The predicted octanol–water partition coefficient (Wildman–Crippen LogP) is 4.10. The van der Waals surface area contributed by atoms with Gasteiger partial charge >= 0.3 is 6.03 Å².